The summed E-state index contributed by atoms with van der Waals surface area (Å²) in [5.41, 5.74) is 3.91. The maximum Gasteiger partial charge on any atom is 0.283 e. The SMILES string of the molecule is COc1ccccc1-n1c(C)cc(/C=C2\C(=N)N3N=C(c4ccccc4F)SC3=NC2=O)c1C. The molecule has 0 radical (unpaired) electrons. The molecule has 5 rings (SSSR count). The Morgan fingerprint density at radius 2 is 1.85 bits per heavy atom. The molecular weight excluding hydrogens is 453 g/mol. The average molecular weight is 474 g/mol. The van der Waals surface area contributed by atoms with Crippen LogP contribution < -0.4 is 4.74 Å². The van der Waals surface area contributed by atoms with E-state index in [1.165, 1.54) is 11.1 Å². The number of benzene rings is 2. The lowest BCUT2D eigenvalue weighted by atomic mass is 10.1. The Morgan fingerprint density at radius 3 is 2.62 bits per heavy atom. The number of thioether (sulfide) groups is 1. The van der Waals surface area contributed by atoms with Gasteiger partial charge in [0.1, 0.15) is 16.6 Å². The van der Waals surface area contributed by atoms with Crippen molar-refractivity contribution >= 4 is 39.8 Å². The van der Waals surface area contributed by atoms with Crippen molar-refractivity contribution in [2.75, 3.05) is 7.11 Å². The van der Waals surface area contributed by atoms with Crippen LogP contribution in [0.3, 0.4) is 0 Å². The quantitative estimate of drug-likeness (QED) is 0.546. The van der Waals surface area contributed by atoms with Gasteiger partial charge in [-0.2, -0.15) is 15.1 Å². The number of nitrogens with zero attached hydrogens (tertiary/aromatic N) is 4. The van der Waals surface area contributed by atoms with Crippen LogP contribution in [0.5, 0.6) is 5.75 Å². The fourth-order valence-electron chi connectivity index (χ4n) is 4.01. The molecule has 7 nitrogen and oxygen atoms in total. The van der Waals surface area contributed by atoms with Gasteiger partial charge in [-0.1, -0.05) is 24.3 Å². The largest absolute Gasteiger partial charge is 0.495 e. The standard InChI is InChI=1S/C25H20FN5O2S/c1-14-12-16(15(2)30(14)20-10-6-7-11-21(20)33-3)13-18-22(27)31-25(28-23(18)32)34-24(29-31)17-8-4-5-9-19(17)26/h4-13,27H,1-3H3/b18-13+,27-22?. The Morgan fingerprint density at radius 1 is 1.12 bits per heavy atom. The van der Waals surface area contributed by atoms with Crippen LogP contribution in [0.15, 0.2) is 70.3 Å². The van der Waals surface area contributed by atoms with Crippen molar-refractivity contribution in [3.05, 3.63) is 88.5 Å². The molecular formula is C25H20FN5O2S. The Labute approximate surface area is 199 Å². The molecule has 0 spiro atoms. The number of hydrogen-bond donors (Lipinski definition) is 1. The first-order chi connectivity index (χ1) is 16.4. The number of fused-ring (bicyclic) bond motifs is 1. The first kappa shape index (κ1) is 21.8. The van der Waals surface area contributed by atoms with Crippen molar-refractivity contribution in [2.45, 2.75) is 13.8 Å². The van der Waals surface area contributed by atoms with Crippen LogP contribution in [0.1, 0.15) is 22.5 Å². The second-order valence-corrected chi connectivity index (χ2v) is 8.69. The third-order valence-electron chi connectivity index (χ3n) is 5.65. The van der Waals surface area contributed by atoms with E-state index in [0.29, 0.717) is 10.6 Å². The number of carbonyl (C=O) groups is 1. The molecule has 1 amide bonds. The molecule has 0 saturated heterocycles. The highest BCUT2D eigenvalue weighted by molar-refractivity contribution is 8.27. The molecule has 3 heterocycles. The molecule has 2 aliphatic heterocycles. The van der Waals surface area contributed by atoms with Gasteiger partial charge in [-0.05, 0) is 67.6 Å². The van der Waals surface area contributed by atoms with Crippen LogP contribution in [-0.4, -0.2) is 38.6 Å². The zero-order chi connectivity index (χ0) is 24.0. The monoisotopic (exact) mass is 473 g/mol. The molecule has 1 N–H and O–H groups in total. The van der Waals surface area contributed by atoms with E-state index in [1.54, 1.807) is 31.4 Å². The first-order valence-corrected chi connectivity index (χ1v) is 11.3. The van der Waals surface area contributed by atoms with Crippen LogP contribution in [0.4, 0.5) is 4.39 Å². The summed E-state index contributed by atoms with van der Waals surface area (Å²) in [5, 5.41) is 14.9. The van der Waals surface area contributed by atoms with Gasteiger partial charge < -0.3 is 9.30 Å². The summed E-state index contributed by atoms with van der Waals surface area (Å²) in [6.07, 6.45) is 1.65. The Kier molecular flexibility index (Phi) is 5.41. The highest BCUT2D eigenvalue weighted by Gasteiger charge is 2.36. The highest BCUT2D eigenvalue weighted by atomic mass is 32.2. The third-order valence-corrected chi connectivity index (χ3v) is 6.60. The minimum atomic E-state index is -0.532. The zero-order valence-corrected chi connectivity index (χ0v) is 19.5. The molecule has 0 aliphatic carbocycles. The molecule has 9 heteroatoms. The number of nitrogens with one attached hydrogen (secondary N) is 1. The Hall–Kier alpha value is -3.98. The summed E-state index contributed by atoms with van der Waals surface area (Å²) in [6.45, 7) is 3.91. The van der Waals surface area contributed by atoms with Gasteiger partial charge in [0.2, 0.25) is 5.17 Å². The lowest BCUT2D eigenvalue weighted by Gasteiger charge is -2.20. The van der Waals surface area contributed by atoms with Gasteiger partial charge in [0.25, 0.3) is 5.91 Å². The fourth-order valence-corrected chi connectivity index (χ4v) is 4.93. The van der Waals surface area contributed by atoms with Crippen LogP contribution in [0.25, 0.3) is 11.8 Å². The van der Waals surface area contributed by atoms with Gasteiger partial charge in [-0.25, -0.2) is 4.39 Å². The maximum absolute atomic E-state index is 14.2. The summed E-state index contributed by atoms with van der Waals surface area (Å²) in [4.78, 5) is 17.0. The lowest BCUT2D eigenvalue weighted by Crippen LogP contribution is -2.35. The third kappa shape index (κ3) is 3.54. The van der Waals surface area contributed by atoms with Crippen molar-refractivity contribution < 1.29 is 13.9 Å². The molecule has 0 bridgehead atoms. The zero-order valence-electron chi connectivity index (χ0n) is 18.7. The minimum Gasteiger partial charge on any atom is -0.495 e. The molecule has 2 aromatic carbocycles. The van der Waals surface area contributed by atoms with E-state index in [1.807, 2.05) is 48.7 Å². The van der Waals surface area contributed by atoms with E-state index in [0.717, 1.165) is 40.2 Å². The summed E-state index contributed by atoms with van der Waals surface area (Å²) >= 11 is 1.07. The van der Waals surface area contributed by atoms with E-state index >= 15 is 0 Å². The van der Waals surface area contributed by atoms with Crippen LogP contribution in [0.2, 0.25) is 0 Å². The topological polar surface area (TPSA) is 83.0 Å². The molecule has 2 aliphatic rings. The molecule has 0 fully saturated rings. The van der Waals surface area contributed by atoms with Crippen molar-refractivity contribution in [3.63, 3.8) is 0 Å². The number of hydrogen-bond acceptors (Lipinski definition) is 5. The number of amides is 1. The van der Waals surface area contributed by atoms with Gasteiger partial charge in [0.05, 0.1) is 18.4 Å². The van der Waals surface area contributed by atoms with E-state index < -0.39 is 11.7 Å². The van der Waals surface area contributed by atoms with Crippen molar-refractivity contribution in [1.29, 1.82) is 5.41 Å². The summed E-state index contributed by atoms with van der Waals surface area (Å²) < 4.78 is 21.8. The number of para-hydroxylation sites is 2. The van der Waals surface area contributed by atoms with Crippen molar-refractivity contribution in [3.8, 4) is 11.4 Å². The Balaban J connectivity index is 1.53. The number of ether oxygens (including phenoxy) is 1. The second-order valence-electron chi connectivity index (χ2n) is 7.74. The molecule has 170 valence electrons. The lowest BCUT2D eigenvalue weighted by molar-refractivity contribution is -0.114. The van der Waals surface area contributed by atoms with Gasteiger partial charge in [-0.3, -0.25) is 10.2 Å². The first-order valence-electron chi connectivity index (χ1n) is 10.5. The summed E-state index contributed by atoms with van der Waals surface area (Å²) in [5.74, 6) is -0.332. The number of aromatic nitrogens is 1. The number of hydrazone groups is 1. The number of amidine groups is 2. The number of aliphatic imine (C=N–C) groups is 1. The average Bonchev–Trinajstić information content (AvgIpc) is 3.37. The number of aryl methyl sites for hydroxylation is 1. The maximum atomic E-state index is 14.2. The molecule has 1 aromatic heterocycles. The van der Waals surface area contributed by atoms with Crippen LogP contribution in [-0.2, 0) is 4.79 Å². The van der Waals surface area contributed by atoms with Crippen LogP contribution >= 0.6 is 11.8 Å². The summed E-state index contributed by atoms with van der Waals surface area (Å²) in [7, 11) is 1.62. The van der Waals surface area contributed by atoms with E-state index in [4.69, 9.17) is 10.1 Å². The molecule has 34 heavy (non-hydrogen) atoms. The predicted octanol–water partition coefficient (Wildman–Crippen LogP) is 4.91. The van der Waals surface area contributed by atoms with Crippen molar-refractivity contribution in [1.82, 2.24) is 9.58 Å². The van der Waals surface area contributed by atoms with E-state index in [-0.39, 0.29) is 16.6 Å². The van der Waals surface area contributed by atoms with Gasteiger partial charge >= 0.3 is 0 Å². The minimum absolute atomic E-state index is 0.101. The van der Waals surface area contributed by atoms with Crippen molar-refractivity contribution in [2.24, 2.45) is 10.1 Å². The smallest absolute Gasteiger partial charge is 0.283 e. The second kappa shape index (κ2) is 8.42. The normalized spacial score (nSPS) is 16.6. The van der Waals surface area contributed by atoms with Gasteiger partial charge in [-0.15, -0.1) is 0 Å². The van der Waals surface area contributed by atoms with E-state index in [2.05, 4.69) is 10.1 Å². The Bertz CT molecular complexity index is 1450. The van der Waals surface area contributed by atoms with Gasteiger partial charge in [0.15, 0.2) is 5.84 Å². The summed E-state index contributed by atoms with van der Waals surface area (Å²) in [6, 6.07) is 15.9. The fraction of sp³-hybridized carbons (Fsp3) is 0.120. The van der Waals surface area contributed by atoms with Gasteiger partial charge in [0, 0.05) is 17.0 Å². The number of carbonyl (C=O) groups excluding carboxylic acids is 1. The van der Waals surface area contributed by atoms with E-state index in [9.17, 15) is 9.18 Å². The number of halogens is 1. The molecule has 0 unspecified atom stereocenters. The molecule has 3 aromatic rings. The number of rotatable bonds is 4. The van der Waals surface area contributed by atoms with Crippen LogP contribution in [0, 0.1) is 25.1 Å². The highest BCUT2D eigenvalue weighted by Crippen LogP contribution is 2.33. The number of methoxy groups -OCH3 is 1. The molecule has 0 atom stereocenters. The molecule has 0 saturated carbocycles. The predicted molar refractivity (Wildman–Crippen MR) is 132 cm³/mol.